The molecule has 0 amide bonds. The monoisotopic (exact) mass is 343 g/mol. The number of nitrogens with two attached hydrogens (primary N) is 1. The highest BCUT2D eigenvalue weighted by Crippen LogP contribution is 2.32. The maximum Gasteiger partial charge on any atom is 0.222 e. The topological polar surface area (TPSA) is 89.9 Å². The quantitative estimate of drug-likeness (QED) is 0.662. The van der Waals surface area contributed by atoms with E-state index in [4.69, 9.17) is 10.2 Å². The highest BCUT2D eigenvalue weighted by atomic mass is 32.2. The van der Waals surface area contributed by atoms with Crippen LogP contribution >= 0.6 is 11.8 Å². The summed E-state index contributed by atoms with van der Waals surface area (Å²) in [6.45, 7) is 4.73. The Morgan fingerprint density at radius 2 is 1.96 bits per heavy atom. The van der Waals surface area contributed by atoms with Crippen molar-refractivity contribution in [2.45, 2.75) is 24.8 Å². The standard InChI is InChI=1S/C17H21N5OS/c1-17(2,10-21-16-19-8-11(24-3)9-20-16)14(18)15-22-12-6-4-5-7-13(12)23-15/h4-9,14H,10,18H2,1-3H3,(H,19,20,21). The van der Waals surface area contributed by atoms with Crippen LogP contribution in [0.5, 0.6) is 0 Å². The number of oxazole rings is 1. The van der Waals surface area contributed by atoms with E-state index >= 15 is 0 Å². The first kappa shape index (κ1) is 16.7. The number of nitrogens with one attached hydrogen (secondary N) is 1. The molecule has 1 aromatic carbocycles. The van der Waals surface area contributed by atoms with Crippen LogP contribution in [0.2, 0.25) is 0 Å². The van der Waals surface area contributed by atoms with E-state index in [9.17, 15) is 0 Å². The summed E-state index contributed by atoms with van der Waals surface area (Å²) in [6.07, 6.45) is 5.59. The predicted molar refractivity (Wildman–Crippen MR) is 97.0 cm³/mol. The van der Waals surface area contributed by atoms with Gasteiger partial charge in [-0.05, 0) is 18.4 Å². The van der Waals surface area contributed by atoms with Crippen LogP contribution in [0.3, 0.4) is 0 Å². The van der Waals surface area contributed by atoms with E-state index in [0.29, 0.717) is 18.4 Å². The van der Waals surface area contributed by atoms with E-state index in [2.05, 4.69) is 34.1 Å². The Balaban J connectivity index is 1.71. The third-order valence-electron chi connectivity index (χ3n) is 3.98. The lowest BCUT2D eigenvalue weighted by atomic mass is 9.84. The summed E-state index contributed by atoms with van der Waals surface area (Å²) in [5.74, 6) is 1.13. The van der Waals surface area contributed by atoms with Gasteiger partial charge in [0.15, 0.2) is 5.58 Å². The van der Waals surface area contributed by atoms with Gasteiger partial charge < -0.3 is 15.5 Å². The van der Waals surface area contributed by atoms with Crippen molar-refractivity contribution in [2.75, 3.05) is 18.1 Å². The first-order valence-corrected chi connectivity index (χ1v) is 8.93. The minimum Gasteiger partial charge on any atom is -0.439 e. The fourth-order valence-corrected chi connectivity index (χ4v) is 2.60. The molecule has 0 aliphatic heterocycles. The molecular weight excluding hydrogens is 322 g/mol. The number of para-hydroxylation sites is 2. The maximum atomic E-state index is 6.41. The van der Waals surface area contributed by atoms with Crippen molar-refractivity contribution in [1.29, 1.82) is 0 Å². The smallest absolute Gasteiger partial charge is 0.222 e. The fourth-order valence-electron chi connectivity index (χ4n) is 2.29. The molecule has 0 saturated heterocycles. The van der Waals surface area contributed by atoms with E-state index in [-0.39, 0.29) is 11.5 Å². The van der Waals surface area contributed by atoms with Crippen molar-refractivity contribution in [1.82, 2.24) is 15.0 Å². The average molecular weight is 343 g/mol. The Kier molecular flexibility index (Phi) is 4.73. The van der Waals surface area contributed by atoms with E-state index in [0.717, 1.165) is 16.0 Å². The predicted octanol–water partition coefficient (Wildman–Crippen LogP) is 3.48. The SMILES string of the molecule is CSc1cnc(NCC(C)(C)C(N)c2nc3ccccc3o2)nc1. The van der Waals surface area contributed by atoms with E-state index in [1.165, 1.54) is 0 Å². The van der Waals surface area contributed by atoms with Gasteiger partial charge in [-0.1, -0.05) is 26.0 Å². The van der Waals surface area contributed by atoms with Gasteiger partial charge in [-0.25, -0.2) is 15.0 Å². The minimum absolute atomic E-state index is 0.289. The number of aromatic nitrogens is 3. The molecule has 3 aromatic rings. The molecule has 3 N–H and O–H groups in total. The van der Waals surface area contributed by atoms with E-state index in [1.54, 1.807) is 24.2 Å². The first-order valence-electron chi connectivity index (χ1n) is 7.70. The normalized spacial score (nSPS) is 13.2. The second-order valence-electron chi connectivity index (χ2n) is 6.29. The average Bonchev–Trinajstić information content (AvgIpc) is 3.03. The van der Waals surface area contributed by atoms with Gasteiger partial charge in [-0.2, -0.15) is 0 Å². The minimum atomic E-state index is -0.345. The molecule has 3 rings (SSSR count). The van der Waals surface area contributed by atoms with Crippen LogP contribution in [0.1, 0.15) is 25.8 Å². The molecule has 0 radical (unpaired) electrons. The van der Waals surface area contributed by atoms with Gasteiger partial charge in [0.2, 0.25) is 11.8 Å². The summed E-state index contributed by atoms with van der Waals surface area (Å²) < 4.78 is 5.80. The number of anilines is 1. The molecule has 0 aliphatic rings. The molecule has 1 atom stereocenters. The maximum absolute atomic E-state index is 6.41. The second kappa shape index (κ2) is 6.78. The molecule has 0 fully saturated rings. The largest absolute Gasteiger partial charge is 0.439 e. The Labute approximate surface area is 145 Å². The molecule has 1 unspecified atom stereocenters. The number of nitrogens with zero attached hydrogens (tertiary/aromatic N) is 3. The van der Waals surface area contributed by atoms with Gasteiger partial charge in [0.25, 0.3) is 0 Å². The molecule has 0 saturated carbocycles. The van der Waals surface area contributed by atoms with Crippen LogP contribution in [0.15, 0.2) is 46.0 Å². The van der Waals surface area contributed by atoms with Crippen LogP contribution in [-0.4, -0.2) is 27.8 Å². The molecule has 0 bridgehead atoms. The van der Waals surface area contributed by atoms with Crippen molar-refractivity contribution in [3.8, 4) is 0 Å². The summed E-state index contributed by atoms with van der Waals surface area (Å²) in [4.78, 5) is 14.1. The zero-order valence-electron chi connectivity index (χ0n) is 14.0. The second-order valence-corrected chi connectivity index (χ2v) is 7.17. The van der Waals surface area contributed by atoms with E-state index < -0.39 is 0 Å². The van der Waals surface area contributed by atoms with Crippen LogP contribution in [0.4, 0.5) is 5.95 Å². The molecule has 126 valence electrons. The van der Waals surface area contributed by atoms with E-state index in [1.807, 2.05) is 30.5 Å². The summed E-state index contributed by atoms with van der Waals surface area (Å²) in [5, 5.41) is 3.24. The highest BCUT2D eigenvalue weighted by Gasteiger charge is 2.31. The summed E-state index contributed by atoms with van der Waals surface area (Å²) in [7, 11) is 0. The Morgan fingerprint density at radius 1 is 1.25 bits per heavy atom. The number of thioether (sulfide) groups is 1. The van der Waals surface area contributed by atoms with Crippen LogP contribution in [-0.2, 0) is 0 Å². The molecular formula is C17H21N5OS. The number of hydrogen-bond acceptors (Lipinski definition) is 7. The van der Waals surface area contributed by atoms with Crippen molar-refractivity contribution < 1.29 is 4.42 Å². The number of benzene rings is 1. The zero-order chi connectivity index (χ0) is 17.2. The molecule has 7 heteroatoms. The fraction of sp³-hybridized carbons (Fsp3) is 0.353. The van der Waals surface area contributed by atoms with Crippen molar-refractivity contribution in [3.63, 3.8) is 0 Å². The zero-order valence-corrected chi connectivity index (χ0v) is 14.8. The van der Waals surface area contributed by atoms with Crippen molar-refractivity contribution in [3.05, 3.63) is 42.5 Å². The van der Waals surface area contributed by atoms with Gasteiger partial charge >= 0.3 is 0 Å². The third kappa shape index (κ3) is 3.52. The molecule has 0 aliphatic carbocycles. The Morgan fingerprint density at radius 3 is 2.62 bits per heavy atom. The summed E-state index contributed by atoms with van der Waals surface area (Å²) in [5.41, 5.74) is 7.69. The Hall–Kier alpha value is -2.12. The highest BCUT2D eigenvalue weighted by molar-refractivity contribution is 7.98. The van der Waals surface area contributed by atoms with Gasteiger partial charge in [-0.15, -0.1) is 11.8 Å². The van der Waals surface area contributed by atoms with Gasteiger partial charge in [0, 0.05) is 29.2 Å². The van der Waals surface area contributed by atoms with Crippen molar-refractivity contribution in [2.24, 2.45) is 11.1 Å². The summed E-state index contributed by atoms with van der Waals surface area (Å²) >= 11 is 1.61. The van der Waals surface area contributed by atoms with Crippen molar-refractivity contribution >= 4 is 28.8 Å². The number of hydrogen-bond donors (Lipinski definition) is 2. The van der Waals surface area contributed by atoms with Crippen LogP contribution in [0, 0.1) is 5.41 Å². The lowest BCUT2D eigenvalue weighted by Crippen LogP contribution is -2.35. The lowest BCUT2D eigenvalue weighted by molar-refractivity contribution is 0.269. The number of fused-ring (bicyclic) bond motifs is 1. The molecule has 6 nitrogen and oxygen atoms in total. The van der Waals surface area contributed by atoms with Gasteiger partial charge in [0.05, 0.1) is 6.04 Å². The van der Waals surface area contributed by atoms with Crippen LogP contribution in [0.25, 0.3) is 11.1 Å². The summed E-state index contributed by atoms with van der Waals surface area (Å²) in [6, 6.07) is 7.32. The third-order valence-corrected chi connectivity index (χ3v) is 4.67. The molecule has 24 heavy (non-hydrogen) atoms. The molecule has 2 heterocycles. The van der Waals surface area contributed by atoms with Gasteiger partial charge in [0.1, 0.15) is 5.52 Å². The Bertz CT molecular complexity index is 782. The molecule has 0 spiro atoms. The first-order chi connectivity index (χ1) is 11.5. The molecule has 2 aromatic heterocycles. The number of rotatable bonds is 6. The van der Waals surface area contributed by atoms with Crippen LogP contribution < -0.4 is 11.1 Å². The van der Waals surface area contributed by atoms with Gasteiger partial charge in [-0.3, -0.25) is 0 Å². The lowest BCUT2D eigenvalue weighted by Gasteiger charge is -2.29.